The molecule has 1 atom stereocenters. The Morgan fingerprint density at radius 2 is 2.31 bits per heavy atom. The lowest BCUT2D eigenvalue weighted by Gasteiger charge is -2.20. The zero-order valence-electron chi connectivity index (χ0n) is 9.69. The molecule has 1 aliphatic heterocycles. The van der Waals surface area contributed by atoms with E-state index in [-0.39, 0.29) is 0 Å². The highest BCUT2D eigenvalue weighted by Gasteiger charge is 2.35. The van der Waals surface area contributed by atoms with E-state index in [0.717, 1.165) is 5.75 Å². The van der Waals surface area contributed by atoms with Crippen molar-refractivity contribution in [2.45, 2.75) is 13.2 Å². The van der Waals surface area contributed by atoms with Crippen molar-refractivity contribution in [2.75, 3.05) is 26.9 Å². The molecule has 1 heterocycles. The van der Waals surface area contributed by atoms with Crippen LogP contribution in [0.3, 0.4) is 0 Å². The summed E-state index contributed by atoms with van der Waals surface area (Å²) < 4.78 is 5.16. The van der Waals surface area contributed by atoms with Gasteiger partial charge in [-0.3, -0.25) is 0 Å². The number of halogens is 1. The molecule has 1 amide bonds. The largest absolute Gasteiger partial charge is 0.421 e. The number of carbonyl (C=O) groups excluding carboxylic acids is 1. The van der Waals surface area contributed by atoms with Crippen molar-refractivity contribution in [3.8, 4) is 0 Å². The summed E-state index contributed by atoms with van der Waals surface area (Å²) in [5.74, 6) is 0.841. The number of thioether (sulfide) groups is 1. The summed E-state index contributed by atoms with van der Waals surface area (Å²) in [7, 11) is 4.88. The lowest BCUT2D eigenvalue weighted by Crippen LogP contribution is -2.35. The maximum atomic E-state index is 11.4. The Labute approximate surface area is 104 Å². The zero-order chi connectivity index (χ0) is 12.3. The molecule has 7 heteroatoms. The number of hydrogen-bond acceptors (Lipinski definition) is 5. The molecule has 0 spiro atoms. The first-order chi connectivity index (χ1) is 7.47. The molecule has 0 N–H and O–H groups in total. The van der Waals surface area contributed by atoms with Crippen molar-refractivity contribution in [2.24, 2.45) is 0 Å². The Morgan fingerprint density at radius 1 is 1.69 bits per heavy atom. The molecular formula is C9H15ClN2O3S. The van der Waals surface area contributed by atoms with Crippen LogP contribution in [0.2, 0.25) is 0 Å². The molecule has 0 aromatic carbocycles. The van der Waals surface area contributed by atoms with Crippen LogP contribution in [0, 0.1) is 0 Å². The second kappa shape index (κ2) is 5.65. The second-order valence-corrected chi connectivity index (χ2v) is 4.98. The molecule has 92 valence electrons. The van der Waals surface area contributed by atoms with Crippen molar-refractivity contribution in [3.05, 3.63) is 10.1 Å². The van der Waals surface area contributed by atoms with E-state index in [9.17, 15) is 4.79 Å². The van der Waals surface area contributed by atoms with E-state index in [2.05, 4.69) is 0 Å². The van der Waals surface area contributed by atoms with Gasteiger partial charge >= 0.3 is 6.09 Å². The monoisotopic (exact) mass is 266 g/mol. The summed E-state index contributed by atoms with van der Waals surface area (Å²) in [4.78, 5) is 18.1. The minimum absolute atomic E-state index is 0.407. The smallest absolute Gasteiger partial charge is 0.411 e. The van der Waals surface area contributed by atoms with Crippen molar-refractivity contribution in [1.29, 1.82) is 0 Å². The summed E-state index contributed by atoms with van der Waals surface area (Å²) in [5, 5.41) is 2.41. The predicted octanol–water partition coefficient (Wildman–Crippen LogP) is 2.05. The van der Waals surface area contributed by atoms with Gasteiger partial charge in [-0.15, -0.1) is 5.06 Å². The normalized spacial score (nSPS) is 20.9. The molecule has 0 bridgehead atoms. The summed E-state index contributed by atoms with van der Waals surface area (Å²) in [6.07, 6.45) is -1.12. The van der Waals surface area contributed by atoms with E-state index >= 15 is 0 Å². The summed E-state index contributed by atoms with van der Waals surface area (Å²) in [6, 6.07) is 0. The Kier molecular flexibility index (Phi) is 4.76. The van der Waals surface area contributed by atoms with Crippen LogP contribution in [-0.4, -0.2) is 49.2 Å². The first-order valence-corrected chi connectivity index (χ1v) is 6.15. The lowest BCUT2D eigenvalue weighted by molar-refractivity contribution is -0.148. The van der Waals surface area contributed by atoms with Crippen LogP contribution in [-0.2, 0) is 9.57 Å². The third-order valence-electron chi connectivity index (χ3n) is 1.82. The quantitative estimate of drug-likeness (QED) is 0.782. The van der Waals surface area contributed by atoms with E-state index < -0.39 is 12.3 Å². The van der Waals surface area contributed by atoms with Crippen LogP contribution in [0.4, 0.5) is 4.79 Å². The highest BCUT2D eigenvalue weighted by molar-refractivity contribution is 8.02. The van der Waals surface area contributed by atoms with Gasteiger partial charge in [0.1, 0.15) is 5.03 Å². The number of nitrogens with zero attached hydrogens (tertiary/aromatic N) is 2. The fourth-order valence-electron chi connectivity index (χ4n) is 1.04. The number of ether oxygens (including phenoxy) is 1. The summed E-state index contributed by atoms with van der Waals surface area (Å²) in [5.41, 5.74) is 0. The maximum absolute atomic E-state index is 11.4. The van der Waals surface area contributed by atoms with Crippen LogP contribution in [0.5, 0.6) is 0 Å². The molecule has 0 aromatic heterocycles. The van der Waals surface area contributed by atoms with Crippen molar-refractivity contribution < 1.29 is 14.4 Å². The van der Waals surface area contributed by atoms with Crippen LogP contribution in [0.15, 0.2) is 10.1 Å². The molecule has 1 aliphatic rings. The molecule has 0 saturated carbocycles. The fraction of sp³-hybridized carbons (Fsp3) is 0.667. The van der Waals surface area contributed by atoms with Gasteiger partial charge in [0.2, 0.25) is 11.3 Å². The van der Waals surface area contributed by atoms with E-state index in [0.29, 0.717) is 10.1 Å². The Morgan fingerprint density at radius 3 is 2.81 bits per heavy atom. The van der Waals surface area contributed by atoms with Crippen LogP contribution < -0.4 is 0 Å². The Bertz CT molecular complexity index is 309. The van der Waals surface area contributed by atoms with E-state index in [1.807, 2.05) is 6.92 Å². The number of hydroxylamine groups is 2. The first-order valence-electron chi connectivity index (χ1n) is 4.78. The molecule has 0 saturated heterocycles. The van der Waals surface area contributed by atoms with Gasteiger partial charge in [0.05, 0.1) is 0 Å². The SMILES string of the molecule is CCSC1=C(Cl)C(OC(=O)N(C)C)N(C)O1. The number of carbonyl (C=O) groups is 1. The van der Waals surface area contributed by atoms with E-state index in [1.54, 1.807) is 21.1 Å². The van der Waals surface area contributed by atoms with Gasteiger partial charge in [0.25, 0.3) is 0 Å². The highest BCUT2D eigenvalue weighted by Crippen LogP contribution is 2.35. The van der Waals surface area contributed by atoms with Gasteiger partial charge in [-0.2, -0.15) is 0 Å². The molecule has 0 radical (unpaired) electrons. The minimum Gasteiger partial charge on any atom is -0.421 e. The average molecular weight is 267 g/mol. The van der Waals surface area contributed by atoms with Crippen LogP contribution in [0.1, 0.15) is 6.92 Å². The topological polar surface area (TPSA) is 42.0 Å². The van der Waals surface area contributed by atoms with Crippen molar-refractivity contribution in [1.82, 2.24) is 9.96 Å². The summed E-state index contributed by atoms with van der Waals surface area (Å²) in [6.45, 7) is 1.99. The highest BCUT2D eigenvalue weighted by atomic mass is 35.5. The van der Waals surface area contributed by atoms with E-state index in [4.69, 9.17) is 21.2 Å². The zero-order valence-corrected chi connectivity index (χ0v) is 11.3. The van der Waals surface area contributed by atoms with Gasteiger partial charge < -0.3 is 14.5 Å². The standard InChI is InChI=1S/C9H15ClN2O3S/c1-5-16-8-6(10)7(12(4)15-8)14-9(13)11(2)3/h7H,5H2,1-4H3. The number of amides is 1. The van der Waals surface area contributed by atoms with Gasteiger partial charge in [0, 0.05) is 21.1 Å². The van der Waals surface area contributed by atoms with Gasteiger partial charge in [-0.05, 0) is 5.75 Å². The maximum Gasteiger partial charge on any atom is 0.411 e. The van der Waals surface area contributed by atoms with Crippen LogP contribution in [0.25, 0.3) is 0 Å². The molecular weight excluding hydrogens is 252 g/mol. The van der Waals surface area contributed by atoms with Crippen LogP contribution >= 0.6 is 23.4 Å². The average Bonchev–Trinajstić information content (AvgIpc) is 2.46. The van der Waals surface area contributed by atoms with Gasteiger partial charge in [-0.1, -0.05) is 30.3 Å². The minimum atomic E-state index is -0.661. The number of hydrogen-bond donors (Lipinski definition) is 0. The van der Waals surface area contributed by atoms with Gasteiger partial charge in [0.15, 0.2) is 0 Å². The molecule has 1 unspecified atom stereocenters. The second-order valence-electron chi connectivity index (χ2n) is 3.34. The third-order valence-corrected chi connectivity index (χ3v) is 3.14. The van der Waals surface area contributed by atoms with E-state index in [1.165, 1.54) is 21.7 Å². The fourth-order valence-corrected chi connectivity index (χ4v) is 2.09. The van der Waals surface area contributed by atoms with Gasteiger partial charge in [-0.25, -0.2) is 4.79 Å². The lowest BCUT2D eigenvalue weighted by atomic mass is 10.5. The number of rotatable bonds is 3. The number of likely N-dealkylation sites (N-methyl/N-ethyl adjacent to an activating group) is 1. The molecule has 0 fully saturated rings. The molecule has 5 nitrogen and oxygen atoms in total. The summed E-state index contributed by atoms with van der Waals surface area (Å²) >= 11 is 7.53. The molecule has 1 rings (SSSR count). The predicted molar refractivity (Wildman–Crippen MR) is 63.8 cm³/mol. The molecule has 0 aromatic rings. The third kappa shape index (κ3) is 2.96. The Balaban J connectivity index is 2.69. The van der Waals surface area contributed by atoms with Crippen molar-refractivity contribution in [3.63, 3.8) is 0 Å². The van der Waals surface area contributed by atoms with Crippen molar-refractivity contribution >= 4 is 29.5 Å². The molecule has 16 heavy (non-hydrogen) atoms. The Hall–Kier alpha value is -0.590. The first kappa shape index (κ1) is 13.5. The molecule has 0 aliphatic carbocycles.